The van der Waals surface area contributed by atoms with E-state index in [2.05, 4.69) is 20.9 Å². The monoisotopic (exact) mass is 413 g/mol. The van der Waals surface area contributed by atoms with Gasteiger partial charge in [0.05, 0.1) is 11.1 Å². The van der Waals surface area contributed by atoms with Crippen LogP contribution in [0.1, 0.15) is 18.1 Å². The number of nitriles is 3. The lowest BCUT2D eigenvalue weighted by molar-refractivity contribution is 0.297. The number of halogens is 1. The minimum absolute atomic E-state index is 0.0267. The molecule has 0 saturated carbocycles. The molecule has 9 heteroatoms. The van der Waals surface area contributed by atoms with Crippen molar-refractivity contribution in [2.24, 2.45) is 0 Å². The van der Waals surface area contributed by atoms with Gasteiger partial charge in [-0.05, 0) is 40.5 Å². The van der Waals surface area contributed by atoms with Crippen LogP contribution in [-0.4, -0.2) is 18.2 Å². The highest BCUT2D eigenvalue weighted by atomic mass is 79.9. The van der Waals surface area contributed by atoms with Crippen molar-refractivity contribution in [3.8, 4) is 40.8 Å². The average Bonchev–Trinajstić information content (AvgIpc) is 2.60. The van der Waals surface area contributed by atoms with Crippen LogP contribution in [0, 0.1) is 34.0 Å². The van der Waals surface area contributed by atoms with Gasteiger partial charge in [0.1, 0.15) is 35.2 Å². The van der Waals surface area contributed by atoms with Crippen molar-refractivity contribution in [2.75, 3.05) is 18.9 Å². The molecule has 1 aromatic carbocycles. The van der Waals surface area contributed by atoms with Crippen LogP contribution >= 0.6 is 15.9 Å². The lowest BCUT2D eigenvalue weighted by Gasteiger charge is -2.15. The number of rotatable bonds is 5. The SMILES string of the molecule is CCOc1cc(-c2c(C#N)c(N)[nH]c(=O)c2C#N)cc(Br)c1OCC#N. The summed E-state index contributed by atoms with van der Waals surface area (Å²) in [6, 6.07) is 8.66. The molecule has 1 aromatic heterocycles. The van der Waals surface area contributed by atoms with Gasteiger partial charge in [-0.15, -0.1) is 0 Å². The zero-order chi connectivity index (χ0) is 19.3. The standard InChI is InChI=1S/C17H12BrN5O3/c1-2-25-13-6-9(5-12(18)15(13)26-4-3-19)14-10(7-20)16(22)23-17(24)11(14)8-21/h5-6H,2,4H2,1H3,(H3,22,23,24). The second-order valence-electron chi connectivity index (χ2n) is 4.88. The first kappa shape index (κ1) is 18.9. The highest BCUT2D eigenvalue weighted by Crippen LogP contribution is 2.41. The number of nitrogens with two attached hydrogens (primary N) is 1. The first-order chi connectivity index (χ1) is 12.5. The molecule has 0 unspecified atom stereocenters. The van der Waals surface area contributed by atoms with Crippen molar-refractivity contribution in [2.45, 2.75) is 6.92 Å². The van der Waals surface area contributed by atoms with Gasteiger partial charge in [-0.1, -0.05) is 0 Å². The molecule has 0 aliphatic carbocycles. The minimum Gasteiger partial charge on any atom is -0.490 e. The number of pyridine rings is 1. The second kappa shape index (κ2) is 8.06. The van der Waals surface area contributed by atoms with Crippen LogP contribution in [0.4, 0.5) is 5.82 Å². The number of H-pyrrole nitrogens is 1. The third-order valence-corrected chi connectivity index (χ3v) is 3.94. The molecule has 2 aromatic rings. The molecule has 26 heavy (non-hydrogen) atoms. The zero-order valence-electron chi connectivity index (χ0n) is 13.6. The van der Waals surface area contributed by atoms with Gasteiger partial charge in [0.2, 0.25) is 0 Å². The highest BCUT2D eigenvalue weighted by Gasteiger charge is 2.21. The average molecular weight is 414 g/mol. The molecule has 0 aliphatic heterocycles. The Morgan fingerprint density at radius 1 is 1.19 bits per heavy atom. The Balaban J connectivity index is 2.83. The molecule has 0 atom stereocenters. The number of benzene rings is 1. The number of aromatic nitrogens is 1. The first-order valence-corrected chi connectivity index (χ1v) is 8.10. The smallest absolute Gasteiger partial charge is 0.268 e. The highest BCUT2D eigenvalue weighted by molar-refractivity contribution is 9.10. The number of nitrogens with one attached hydrogen (secondary N) is 1. The van der Waals surface area contributed by atoms with Crippen molar-refractivity contribution in [1.29, 1.82) is 15.8 Å². The van der Waals surface area contributed by atoms with Crippen LogP contribution in [0.15, 0.2) is 21.4 Å². The molecular weight excluding hydrogens is 402 g/mol. The molecule has 0 radical (unpaired) electrons. The van der Waals surface area contributed by atoms with Crippen molar-refractivity contribution >= 4 is 21.7 Å². The summed E-state index contributed by atoms with van der Waals surface area (Å²) in [7, 11) is 0. The third kappa shape index (κ3) is 3.46. The summed E-state index contributed by atoms with van der Waals surface area (Å²) >= 11 is 3.33. The van der Waals surface area contributed by atoms with Gasteiger partial charge in [0.25, 0.3) is 5.56 Å². The largest absolute Gasteiger partial charge is 0.490 e. The molecule has 3 N–H and O–H groups in total. The molecule has 0 fully saturated rings. The Morgan fingerprint density at radius 3 is 2.46 bits per heavy atom. The van der Waals surface area contributed by atoms with E-state index in [1.165, 1.54) is 6.07 Å². The van der Waals surface area contributed by atoms with Crippen LogP contribution < -0.4 is 20.8 Å². The van der Waals surface area contributed by atoms with Gasteiger partial charge in [0, 0.05) is 5.56 Å². The topological polar surface area (TPSA) is 149 Å². The lowest BCUT2D eigenvalue weighted by Crippen LogP contribution is -2.16. The molecule has 8 nitrogen and oxygen atoms in total. The summed E-state index contributed by atoms with van der Waals surface area (Å²) in [6.45, 7) is 1.89. The predicted octanol–water partition coefficient (Wildman–Crippen LogP) is 2.43. The Hall–Kier alpha value is -3.48. The Morgan fingerprint density at radius 2 is 1.88 bits per heavy atom. The molecular formula is C17H12BrN5O3. The summed E-state index contributed by atoms with van der Waals surface area (Å²) in [6.07, 6.45) is 0. The maximum absolute atomic E-state index is 12.1. The van der Waals surface area contributed by atoms with Crippen molar-refractivity contribution in [1.82, 2.24) is 4.98 Å². The van der Waals surface area contributed by atoms with E-state index in [0.29, 0.717) is 28.1 Å². The van der Waals surface area contributed by atoms with Crippen molar-refractivity contribution in [3.05, 3.63) is 38.1 Å². The molecule has 0 spiro atoms. The molecule has 0 aliphatic rings. The Labute approximate surface area is 157 Å². The fourth-order valence-electron chi connectivity index (χ4n) is 2.35. The number of hydrogen-bond acceptors (Lipinski definition) is 7. The molecule has 0 saturated heterocycles. The first-order valence-electron chi connectivity index (χ1n) is 7.30. The Kier molecular flexibility index (Phi) is 5.85. The van der Waals surface area contributed by atoms with E-state index in [-0.39, 0.29) is 29.1 Å². The van der Waals surface area contributed by atoms with E-state index in [9.17, 15) is 15.3 Å². The van der Waals surface area contributed by atoms with Crippen LogP contribution in [0.2, 0.25) is 0 Å². The Bertz CT molecular complexity index is 1040. The number of nitrogens with zero attached hydrogens (tertiary/aromatic N) is 3. The van der Waals surface area contributed by atoms with E-state index in [1.807, 2.05) is 12.1 Å². The minimum atomic E-state index is -0.696. The van der Waals surface area contributed by atoms with Gasteiger partial charge in [-0.2, -0.15) is 15.8 Å². The maximum atomic E-state index is 12.1. The number of ether oxygens (including phenoxy) is 2. The van der Waals surface area contributed by atoms with Crippen LogP contribution in [0.3, 0.4) is 0 Å². The molecule has 130 valence electrons. The van der Waals surface area contributed by atoms with E-state index in [4.69, 9.17) is 20.5 Å². The van der Waals surface area contributed by atoms with Crippen LogP contribution in [-0.2, 0) is 0 Å². The summed E-state index contributed by atoms with van der Waals surface area (Å²) in [5.74, 6) is 0.455. The summed E-state index contributed by atoms with van der Waals surface area (Å²) < 4.78 is 11.3. The molecule has 1 heterocycles. The molecule has 2 rings (SSSR count). The molecule has 0 bridgehead atoms. The number of nitrogen functional groups attached to an aromatic ring is 1. The fourth-order valence-corrected chi connectivity index (χ4v) is 2.91. The van der Waals surface area contributed by atoms with Crippen molar-refractivity contribution < 1.29 is 9.47 Å². The van der Waals surface area contributed by atoms with E-state index >= 15 is 0 Å². The fraction of sp³-hybridized carbons (Fsp3) is 0.176. The zero-order valence-corrected chi connectivity index (χ0v) is 15.2. The summed E-state index contributed by atoms with van der Waals surface area (Å²) in [5.41, 5.74) is 5.24. The molecule has 0 amide bonds. The lowest BCUT2D eigenvalue weighted by atomic mass is 9.96. The number of aromatic amines is 1. The van der Waals surface area contributed by atoms with Gasteiger partial charge >= 0.3 is 0 Å². The maximum Gasteiger partial charge on any atom is 0.268 e. The van der Waals surface area contributed by atoms with Crippen LogP contribution in [0.25, 0.3) is 11.1 Å². The third-order valence-electron chi connectivity index (χ3n) is 3.35. The second-order valence-corrected chi connectivity index (χ2v) is 5.74. The summed E-state index contributed by atoms with van der Waals surface area (Å²) in [5, 5.41) is 27.5. The van der Waals surface area contributed by atoms with Gasteiger partial charge < -0.3 is 20.2 Å². The van der Waals surface area contributed by atoms with Crippen LogP contribution in [0.5, 0.6) is 11.5 Å². The van der Waals surface area contributed by atoms with Crippen molar-refractivity contribution in [3.63, 3.8) is 0 Å². The van der Waals surface area contributed by atoms with Gasteiger partial charge in [0.15, 0.2) is 18.1 Å². The number of anilines is 1. The quantitative estimate of drug-likeness (QED) is 0.763. The van der Waals surface area contributed by atoms with Gasteiger partial charge in [-0.25, -0.2) is 0 Å². The number of hydrogen-bond donors (Lipinski definition) is 2. The van der Waals surface area contributed by atoms with E-state index in [0.717, 1.165) is 0 Å². The predicted molar refractivity (Wildman–Crippen MR) is 96.3 cm³/mol. The van der Waals surface area contributed by atoms with Gasteiger partial charge in [-0.3, -0.25) is 4.79 Å². The summed E-state index contributed by atoms with van der Waals surface area (Å²) in [4.78, 5) is 14.4. The normalized spacial score (nSPS) is 9.65. The van der Waals surface area contributed by atoms with E-state index < -0.39 is 5.56 Å². The van der Waals surface area contributed by atoms with E-state index in [1.54, 1.807) is 19.1 Å².